The van der Waals surface area contributed by atoms with E-state index in [1.54, 1.807) is 11.0 Å². The minimum atomic E-state index is -0.208. The van der Waals surface area contributed by atoms with Crippen LogP contribution >= 0.6 is 0 Å². The van der Waals surface area contributed by atoms with Gasteiger partial charge in [-0.25, -0.2) is 0 Å². The number of Topliss-reactive ketones (excluding diaryl/α,β-unsaturated/α-hetero) is 1. The number of amides is 1. The van der Waals surface area contributed by atoms with Crippen molar-refractivity contribution in [2.45, 2.75) is 58.5 Å². The van der Waals surface area contributed by atoms with E-state index >= 15 is 0 Å². The second kappa shape index (κ2) is 8.39. The Labute approximate surface area is 171 Å². The third-order valence-corrected chi connectivity index (χ3v) is 5.72. The van der Waals surface area contributed by atoms with Crippen LogP contribution in [0.15, 0.2) is 28.8 Å². The highest BCUT2D eigenvalue weighted by Gasteiger charge is 2.33. The maximum Gasteiger partial charge on any atom is 0.292 e. The number of carbonyl (C=O) groups excluding carboxylic acids is 2. The lowest BCUT2D eigenvalue weighted by Crippen LogP contribution is -2.42. The van der Waals surface area contributed by atoms with Crippen molar-refractivity contribution in [2.24, 2.45) is 5.92 Å². The summed E-state index contributed by atoms with van der Waals surface area (Å²) in [6, 6.07) is 7.33. The number of ether oxygens (including phenoxy) is 1. The smallest absolute Gasteiger partial charge is 0.292 e. The van der Waals surface area contributed by atoms with E-state index in [1.165, 1.54) is 0 Å². The van der Waals surface area contributed by atoms with Crippen molar-refractivity contribution in [3.8, 4) is 5.75 Å². The summed E-state index contributed by atoms with van der Waals surface area (Å²) in [6.07, 6.45) is 5.52. The molecule has 1 aromatic heterocycles. The Morgan fingerprint density at radius 3 is 2.86 bits per heavy atom. The lowest BCUT2D eigenvalue weighted by molar-refractivity contribution is 0.0601. The summed E-state index contributed by atoms with van der Waals surface area (Å²) in [6.45, 7) is 4.99. The van der Waals surface area contributed by atoms with E-state index in [0.717, 1.165) is 49.8 Å². The number of aryl methyl sites for hydroxylation is 1. The van der Waals surface area contributed by atoms with E-state index < -0.39 is 0 Å². The quantitative estimate of drug-likeness (QED) is 0.712. The number of benzene rings is 1. The summed E-state index contributed by atoms with van der Waals surface area (Å²) in [7, 11) is 0. The van der Waals surface area contributed by atoms with Gasteiger partial charge in [-0.1, -0.05) is 17.3 Å². The first-order valence-corrected chi connectivity index (χ1v) is 10.6. The zero-order valence-corrected chi connectivity index (χ0v) is 17.1. The van der Waals surface area contributed by atoms with Crippen molar-refractivity contribution in [3.05, 3.63) is 46.8 Å². The molecule has 6 nitrogen and oxygen atoms in total. The van der Waals surface area contributed by atoms with E-state index in [0.29, 0.717) is 30.2 Å². The Morgan fingerprint density at radius 1 is 1.21 bits per heavy atom. The minimum Gasteiger partial charge on any atom is -0.491 e. The first-order chi connectivity index (χ1) is 14.0. The van der Waals surface area contributed by atoms with Gasteiger partial charge in [0.05, 0.1) is 11.8 Å². The number of rotatable bonds is 5. The molecular formula is C23H28N2O4. The molecule has 0 unspecified atom stereocenters. The van der Waals surface area contributed by atoms with Crippen LogP contribution in [0.25, 0.3) is 0 Å². The molecular weight excluding hydrogens is 368 g/mol. The van der Waals surface area contributed by atoms with Crippen molar-refractivity contribution in [2.75, 3.05) is 13.1 Å². The normalized spacial score (nSPS) is 19.1. The van der Waals surface area contributed by atoms with Crippen molar-refractivity contribution < 1.29 is 18.8 Å². The molecule has 154 valence electrons. The van der Waals surface area contributed by atoms with Crippen LogP contribution in [0, 0.1) is 5.92 Å². The average molecular weight is 396 g/mol. The van der Waals surface area contributed by atoms with Gasteiger partial charge < -0.3 is 14.2 Å². The molecule has 2 heterocycles. The summed E-state index contributed by atoms with van der Waals surface area (Å²) >= 11 is 0. The van der Waals surface area contributed by atoms with Crippen LogP contribution in [0.2, 0.25) is 0 Å². The Morgan fingerprint density at radius 2 is 2.03 bits per heavy atom. The van der Waals surface area contributed by atoms with Gasteiger partial charge in [-0.15, -0.1) is 0 Å². The van der Waals surface area contributed by atoms with Crippen LogP contribution in [0.3, 0.4) is 0 Å². The van der Waals surface area contributed by atoms with Gasteiger partial charge in [-0.05, 0) is 64.5 Å². The van der Waals surface area contributed by atoms with E-state index in [9.17, 15) is 9.59 Å². The molecule has 1 fully saturated rings. The van der Waals surface area contributed by atoms with Crippen molar-refractivity contribution in [1.82, 2.24) is 10.1 Å². The monoisotopic (exact) mass is 396 g/mol. The molecule has 1 amide bonds. The van der Waals surface area contributed by atoms with E-state index in [1.807, 2.05) is 32.0 Å². The number of hydrogen-bond acceptors (Lipinski definition) is 5. The molecule has 0 saturated carbocycles. The Hall–Kier alpha value is -2.63. The van der Waals surface area contributed by atoms with Gasteiger partial charge in [-0.3, -0.25) is 9.59 Å². The summed E-state index contributed by atoms with van der Waals surface area (Å²) < 4.78 is 11.1. The second-order valence-corrected chi connectivity index (χ2v) is 8.29. The molecule has 0 bridgehead atoms. The number of ketones is 1. The molecule has 1 aliphatic carbocycles. The number of aromatic nitrogens is 1. The maximum atomic E-state index is 13.1. The SMILES string of the molecule is CC(C)Oc1cccc(C(=O)[C@H]2CCCN(C(=O)c3onc4c3CCCC4)C2)c1. The van der Waals surface area contributed by atoms with Crippen LogP contribution in [0.4, 0.5) is 0 Å². The Kier molecular flexibility index (Phi) is 5.69. The van der Waals surface area contributed by atoms with Gasteiger partial charge in [0.15, 0.2) is 5.78 Å². The molecule has 1 aromatic carbocycles. The molecule has 0 spiro atoms. The highest BCUT2D eigenvalue weighted by atomic mass is 16.5. The summed E-state index contributed by atoms with van der Waals surface area (Å²) in [5.41, 5.74) is 2.53. The van der Waals surface area contributed by atoms with Gasteiger partial charge in [-0.2, -0.15) is 0 Å². The molecule has 2 aromatic rings. The Bertz CT molecular complexity index is 902. The Balaban J connectivity index is 1.47. The predicted octanol–water partition coefficient (Wildman–Crippen LogP) is 4.08. The summed E-state index contributed by atoms with van der Waals surface area (Å²) in [4.78, 5) is 27.9. The van der Waals surface area contributed by atoms with Crippen molar-refractivity contribution in [3.63, 3.8) is 0 Å². The van der Waals surface area contributed by atoms with Gasteiger partial charge in [0.1, 0.15) is 5.75 Å². The third-order valence-electron chi connectivity index (χ3n) is 5.72. The molecule has 2 aliphatic rings. The van der Waals surface area contributed by atoms with E-state index in [4.69, 9.17) is 9.26 Å². The second-order valence-electron chi connectivity index (χ2n) is 8.29. The van der Waals surface area contributed by atoms with Gasteiger partial charge in [0.2, 0.25) is 5.76 Å². The summed E-state index contributed by atoms with van der Waals surface area (Å²) in [5.74, 6) is 0.801. The van der Waals surface area contributed by atoms with E-state index in [-0.39, 0.29) is 23.7 Å². The molecule has 1 atom stereocenters. The molecule has 1 aliphatic heterocycles. The van der Waals surface area contributed by atoms with Gasteiger partial charge in [0, 0.05) is 30.1 Å². The van der Waals surface area contributed by atoms with Crippen molar-refractivity contribution in [1.29, 1.82) is 0 Å². The fraction of sp³-hybridized carbons (Fsp3) is 0.522. The molecule has 29 heavy (non-hydrogen) atoms. The fourth-order valence-electron chi connectivity index (χ4n) is 4.31. The topological polar surface area (TPSA) is 72.6 Å². The molecule has 4 rings (SSSR count). The number of hydrogen-bond donors (Lipinski definition) is 0. The zero-order chi connectivity index (χ0) is 20.4. The molecule has 1 saturated heterocycles. The predicted molar refractivity (Wildman–Crippen MR) is 108 cm³/mol. The minimum absolute atomic E-state index is 0.0518. The first-order valence-electron chi connectivity index (χ1n) is 10.6. The highest BCUT2D eigenvalue weighted by Crippen LogP contribution is 2.28. The largest absolute Gasteiger partial charge is 0.491 e. The van der Waals surface area contributed by atoms with Crippen molar-refractivity contribution >= 4 is 11.7 Å². The van der Waals surface area contributed by atoms with Crippen LogP contribution in [-0.2, 0) is 12.8 Å². The molecule has 0 radical (unpaired) electrons. The molecule has 6 heteroatoms. The van der Waals surface area contributed by atoms with Crippen LogP contribution in [0.5, 0.6) is 5.75 Å². The van der Waals surface area contributed by atoms with E-state index in [2.05, 4.69) is 5.16 Å². The lowest BCUT2D eigenvalue weighted by atomic mass is 9.89. The number of nitrogens with zero attached hydrogens (tertiary/aromatic N) is 2. The number of fused-ring (bicyclic) bond motifs is 1. The van der Waals surface area contributed by atoms with Gasteiger partial charge in [0.25, 0.3) is 5.91 Å². The maximum absolute atomic E-state index is 13.1. The number of likely N-dealkylation sites (tertiary alicyclic amines) is 1. The number of carbonyl (C=O) groups is 2. The molecule has 0 N–H and O–H groups in total. The third kappa shape index (κ3) is 4.21. The summed E-state index contributed by atoms with van der Waals surface area (Å²) in [5, 5.41) is 4.10. The first kappa shape index (κ1) is 19.7. The highest BCUT2D eigenvalue weighted by molar-refractivity contribution is 5.99. The fourth-order valence-corrected chi connectivity index (χ4v) is 4.31. The van der Waals surface area contributed by atoms with Crippen LogP contribution in [0.1, 0.15) is 71.7 Å². The van der Waals surface area contributed by atoms with Crippen LogP contribution in [-0.4, -0.2) is 40.9 Å². The lowest BCUT2D eigenvalue weighted by Gasteiger charge is -2.31. The number of piperidine rings is 1. The average Bonchev–Trinajstić information content (AvgIpc) is 3.16. The van der Waals surface area contributed by atoms with Gasteiger partial charge >= 0.3 is 0 Å². The zero-order valence-electron chi connectivity index (χ0n) is 17.1. The van der Waals surface area contributed by atoms with Crippen LogP contribution < -0.4 is 4.74 Å². The standard InChI is InChI=1S/C23H28N2O4/c1-15(2)28-18-9-5-7-16(13-18)21(26)17-8-6-12-25(14-17)23(27)22-19-10-3-4-11-20(19)24-29-22/h5,7,9,13,15,17H,3-4,6,8,10-12,14H2,1-2H3/t17-/m0/s1.